The van der Waals surface area contributed by atoms with E-state index in [1.165, 1.54) is 9.37 Å². The maximum absolute atomic E-state index is 13.1. The van der Waals surface area contributed by atoms with Crippen LogP contribution in [0.3, 0.4) is 0 Å². The first kappa shape index (κ1) is 24.2. The highest BCUT2D eigenvalue weighted by Crippen LogP contribution is 2.25. The highest BCUT2D eigenvalue weighted by molar-refractivity contribution is 7.89. The summed E-state index contributed by atoms with van der Waals surface area (Å²) in [5.74, 6) is 0.925. The van der Waals surface area contributed by atoms with Crippen molar-refractivity contribution in [2.24, 2.45) is 0 Å². The number of sulfonamides is 1. The second-order valence-electron chi connectivity index (χ2n) is 8.20. The average molecular weight is 528 g/mol. The van der Waals surface area contributed by atoms with E-state index in [9.17, 15) is 13.2 Å². The van der Waals surface area contributed by atoms with Crippen LogP contribution in [0.5, 0.6) is 0 Å². The summed E-state index contributed by atoms with van der Waals surface area (Å²) < 4.78 is 32.7. The summed E-state index contributed by atoms with van der Waals surface area (Å²) in [5, 5.41) is 10.2. The number of hydrogen-bond donors (Lipinski definition) is 1. The molecule has 5 rings (SSSR count). The molecule has 0 atom stereocenters. The summed E-state index contributed by atoms with van der Waals surface area (Å²) in [4.78, 5) is 22.1. The van der Waals surface area contributed by atoms with Crippen molar-refractivity contribution in [2.75, 3.05) is 31.5 Å². The molecule has 0 unspecified atom stereocenters. The molecule has 4 aromatic rings. The van der Waals surface area contributed by atoms with Crippen molar-refractivity contribution in [1.82, 2.24) is 19.5 Å². The predicted octanol–water partition coefficient (Wildman–Crippen LogP) is 4.32. The lowest BCUT2D eigenvalue weighted by Gasteiger charge is -2.32. The maximum Gasteiger partial charge on any atom is 0.430 e. The van der Waals surface area contributed by atoms with Crippen molar-refractivity contribution in [3.8, 4) is 11.4 Å². The van der Waals surface area contributed by atoms with Gasteiger partial charge in [-0.05, 0) is 59.3 Å². The summed E-state index contributed by atoms with van der Waals surface area (Å²) in [7, 11) is -3.69. The lowest BCUT2D eigenvalue weighted by Crippen LogP contribution is -2.49. The van der Waals surface area contributed by atoms with Crippen LogP contribution in [0, 0.1) is 6.92 Å². The number of piperazine rings is 1. The summed E-state index contributed by atoms with van der Waals surface area (Å²) in [5.41, 5.74) is 1.28. The van der Waals surface area contributed by atoms with E-state index < -0.39 is 16.1 Å². The van der Waals surface area contributed by atoms with Gasteiger partial charge in [0.05, 0.1) is 4.90 Å². The fourth-order valence-electron chi connectivity index (χ4n) is 3.88. The number of halogens is 1. The van der Waals surface area contributed by atoms with Crippen molar-refractivity contribution in [1.29, 1.82) is 0 Å². The number of aromatic nitrogens is 2. The van der Waals surface area contributed by atoms with Crippen molar-refractivity contribution in [2.45, 2.75) is 11.8 Å². The zero-order valence-electron chi connectivity index (χ0n) is 19.2. The summed E-state index contributed by atoms with van der Waals surface area (Å²) >= 11 is 6.02. The van der Waals surface area contributed by atoms with Gasteiger partial charge in [-0.15, -0.1) is 5.06 Å². The number of hydrogen-bond acceptors (Lipinski definition) is 8. The van der Waals surface area contributed by atoms with Crippen molar-refractivity contribution in [3.05, 3.63) is 71.6 Å². The number of carbonyl (C=O) groups excluding carboxylic acids is 1. The third kappa shape index (κ3) is 5.19. The molecular weight excluding hydrogens is 506 g/mol. The van der Waals surface area contributed by atoms with Crippen LogP contribution in [0.4, 0.5) is 10.5 Å². The molecule has 0 saturated carbocycles. The number of amides is 1. The minimum atomic E-state index is -3.69. The third-order valence-corrected chi connectivity index (χ3v) is 7.87. The molecule has 0 aliphatic carbocycles. The number of rotatable bonds is 5. The molecule has 0 radical (unpaired) electrons. The number of nitrogens with zero attached hydrogens (tertiary/aromatic N) is 4. The van der Waals surface area contributed by atoms with Gasteiger partial charge in [-0.25, -0.2) is 13.2 Å². The van der Waals surface area contributed by atoms with Gasteiger partial charge in [-0.1, -0.05) is 28.9 Å². The van der Waals surface area contributed by atoms with Crippen molar-refractivity contribution >= 4 is 44.2 Å². The van der Waals surface area contributed by atoms with Crippen LogP contribution in [0.2, 0.25) is 5.02 Å². The molecule has 0 bridgehead atoms. The molecule has 10 nitrogen and oxygen atoms in total. The topological polar surface area (TPSA) is 118 Å². The van der Waals surface area contributed by atoms with Gasteiger partial charge in [-0.3, -0.25) is 5.32 Å². The smallest absolute Gasteiger partial charge is 0.351 e. The maximum atomic E-state index is 13.1. The van der Waals surface area contributed by atoms with Crippen molar-refractivity contribution < 1.29 is 22.6 Å². The van der Waals surface area contributed by atoms with E-state index >= 15 is 0 Å². The van der Waals surface area contributed by atoms with Gasteiger partial charge >= 0.3 is 6.09 Å². The van der Waals surface area contributed by atoms with Crippen LogP contribution in [0.15, 0.2) is 70.1 Å². The minimum absolute atomic E-state index is 0.188. The molecular formula is C24H22ClN5O5S. The van der Waals surface area contributed by atoms with Crippen LogP contribution >= 0.6 is 11.6 Å². The first-order valence-corrected chi connectivity index (χ1v) is 12.9. The van der Waals surface area contributed by atoms with Crippen LogP contribution in [-0.4, -0.2) is 60.2 Å². The lowest BCUT2D eigenvalue weighted by atomic mass is 10.1. The Morgan fingerprint density at radius 1 is 1.00 bits per heavy atom. The Balaban J connectivity index is 1.16. The Morgan fingerprint density at radius 3 is 2.39 bits per heavy atom. The fourth-order valence-corrected chi connectivity index (χ4v) is 5.52. The van der Waals surface area contributed by atoms with E-state index in [0.29, 0.717) is 22.4 Å². The molecule has 1 aromatic heterocycles. The molecule has 2 heterocycles. The fraction of sp³-hybridized carbons (Fsp3) is 0.208. The summed E-state index contributed by atoms with van der Waals surface area (Å²) in [6.07, 6.45) is -0.664. The third-order valence-electron chi connectivity index (χ3n) is 5.74. The number of aryl methyl sites for hydroxylation is 1. The lowest BCUT2D eigenvalue weighted by molar-refractivity contribution is -0.109. The monoisotopic (exact) mass is 527 g/mol. The molecule has 1 saturated heterocycles. The Hall–Kier alpha value is -3.51. The van der Waals surface area contributed by atoms with E-state index in [1.807, 2.05) is 0 Å². The van der Waals surface area contributed by atoms with E-state index in [0.717, 1.165) is 16.3 Å². The SMILES string of the molecule is Cc1nc(-c2ccc(NC(=O)ON3CCN(S(=O)(=O)c4ccc5cc(Cl)ccc5c4)CC3)cc2)no1. The molecule has 0 spiro atoms. The zero-order chi connectivity index (χ0) is 25.3. The van der Waals surface area contributed by atoms with Gasteiger partial charge in [0.1, 0.15) is 0 Å². The number of benzene rings is 3. The largest absolute Gasteiger partial charge is 0.430 e. The Bertz CT molecular complexity index is 1520. The first-order valence-electron chi connectivity index (χ1n) is 11.1. The molecule has 1 N–H and O–H groups in total. The van der Waals surface area contributed by atoms with Crippen LogP contribution in [0.1, 0.15) is 5.89 Å². The summed E-state index contributed by atoms with van der Waals surface area (Å²) in [6, 6.07) is 17.2. The minimum Gasteiger partial charge on any atom is -0.351 e. The van der Waals surface area contributed by atoms with Gasteiger partial charge in [0.15, 0.2) is 0 Å². The second-order valence-corrected chi connectivity index (χ2v) is 10.6. The highest BCUT2D eigenvalue weighted by Gasteiger charge is 2.30. The molecule has 3 aromatic carbocycles. The normalized spacial score (nSPS) is 15.2. The van der Waals surface area contributed by atoms with Crippen LogP contribution in [0.25, 0.3) is 22.2 Å². The van der Waals surface area contributed by atoms with Crippen LogP contribution < -0.4 is 5.32 Å². The predicted molar refractivity (Wildman–Crippen MR) is 134 cm³/mol. The molecule has 1 fully saturated rings. The zero-order valence-corrected chi connectivity index (χ0v) is 20.8. The molecule has 1 amide bonds. The number of carbonyl (C=O) groups is 1. The molecule has 1 aliphatic heterocycles. The second kappa shape index (κ2) is 9.86. The Morgan fingerprint density at radius 2 is 1.69 bits per heavy atom. The average Bonchev–Trinajstić information content (AvgIpc) is 3.30. The van der Waals surface area contributed by atoms with Gasteiger partial charge < -0.3 is 9.36 Å². The standard InChI is InChI=1S/C24H22ClN5O5S/c1-16-26-23(28-34-16)17-3-7-21(8-4-17)27-24(31)35-29-10-12-30(13-11-29)36(32,33)22-9-5-18-14-20(25)6-2-19(18)15-22/h2-9,14-15H,10-13H2,1H3,(H,27,31). The number of fused-ring (bicyclic) bond motifs is 1. The first-order chi connectivity index (χ1) is 17.3. The summed E-state index contributed by atoms with van der Waals surface area (Å²) in [6.45, 7) is 2.57. The van der Waals surface area contributed by atoms with Crippen LogP contribution in [-0.2, 0) is 14.9 Å². The number of hydroxylamine groups is 2. The van der Waals surface area contributed by atoms with E-state index in [4.69, 9.17) is 21.0 Å². The molecule has 12 heteroatoms. The van der Waals surface area contributed by atoms with E-state index in [2.05, 4.69) is 15.5 Å². The molecule has 186 valence electrons. The van der Waals surface area contributed by atoms with Gasteiger partial charge in [0.25, 0.3) is 0 Å². The molecule has 1 aliphatic rings. The highest BCUT2D eigenvalue weighted by atomic mass is 35.5. The Labute approximate surface area is 212 Å². The van der Waals surface area contributed by atoms with Crippen molar-refractivity contribution in [3.63, 3.8) is 0 Å². The number of nitrogens with one attached hydrogen (secondary N) is 1. The van der Waals surface area contributed by atoms with Gasteiger partial charge in [-0.2, -0.15) is 9.29 Å². The van der Waals surface area contributed by atoms with Gasteiger partial charge in [0.2, 0.25) is 21.7 Å². The van der Waals surface area contributed by atoms with E-state index in [-0.39, 0.29) is 31.1 Å². The number of anilines is 1. The Kier molecular flexibility index (Phi) is 6.63. The molecule has 36 heavy (non-hydrogen) atoms. The van der Waals surface area contributed by atoms with Gasteiger partial charge in [0, 0.05) is 49.4 Å². The van der Waals surface area contributed by atoms with E-state index in [1.54, 1.807) is 67.6 Å². The quantitative estimate of drug-likeness (QED) is 0.407.